The van der Waals surface area contributed by atoms with Gasteiger partial charge in [-0.15, -0.1) is 0 Å². The van der Waals surface area contributed by atoms with E-state index in [2.05, 4.69) is 31.0 Å². The van der Waals surface area contributed by atoms with E-state index in [1.807, 2.05) is 18.2 Å². The van der Waals surface area contributed by atoms with E-state index in [0.29, 0.717) is 17.2 Å². The van der Waals surface area contributed by atoms with Crippen LogP contribution in [0, 0.1) is 5.92 Å². The third-order valence-corrected chi connectivity index (χ3v) is 3.42. The van der Waals surface area contributed by atoms with Crippen molar-refractivity contribution in [3.05, 3.63) is 29.3 Å². The number of oxime groups is 1. The molecule has 1 rings (SSSR count). The summed E-state index contributed by atoms with van der Waals surface area (Å²) in [4.78, 5) is 2.28. The lowest BCUT2D eigenvalue weighted by Gasteiger charge is -2.21. The molecule has 0 aliphatic rings. The number of rotatable bonds is 7. The van der Waals surface area contributed by atoms with Gasteiger partial charge in [0.25, 0.3) is 0 Å². The van der Waals surface area contributed by atoms with Crippen molar-refractivity contribution in [3.8, 4) is 5.75 Å². The highest BCUT2D eigenvalue weighted by molar-refractivity contribution is 5.99. The van der Waals surface area contributed by atoms with Gasteiger partial charge in [0.1, 0.15) is 5.75 Å². The first-order valence-corrected chi connectivity index (χ1v) is 6.85. The van der Waals surface area contributed by atoms with Gasteiger partial charge in [-0.1, -0.05) is 31.5 Å². The van der Waals surface area contributed by atoms with Gasteiger partial charge >= 0.3 is 0 Å². The van der Waals surface area contributed by atoms with Crippen LogP contribution in [0.3, 0.4) is 0 Å². The molecule has 0 aromatic heterocycles. The summed E-state index contributed by atoms with van der Waals surface area (Å²) in [6.45, 7) is 6.35. The molecular formula is C15H25N3O2. The second-order valence-corrected chi connectivity index (χ2v) is 5.23. The summed E-state index contributed by atoms with van der Waals surface area (Å²) in [5, 5.41) is 11.8. The van der Waals surface area contributed by atoms with Gasteiger partial charge in [0.05, 0.1) is 12.7 Å². The molecule has 0 spiro atoms. The van der Waals surface area contributed by atoms with E-state index < -0.39 is 0 Å². The number of benzene rings is 1. The van der Waals surface area contributed by atoms with Gasteiger partial charge < -0.3 is 20.6 Å². The molecule has 0 saturated heterocycles. The first-order valence-electron chi connectivity index (χ1n) is 6.85. The number of nitrogens with two attached hydrogens (primary N) is 1. The molecule has 1 aromatic rings. The Kier molecular flexibility index (Phi) is 6.31. The van der Waals surface area contributed by atoms with E-state index in [1.54, 1.807) is 7.11 Å². The lowest BCUT2D eigenvalue weighted by Crippen LogP contribution is -2.24. The van der Waals surface area contributed by atoms with Gasteiger partial charge in [0.15, 0.2) is 5.84 Å². The predicted molar refractivity (Wildman–Crippen MR) is 81.3 cm³/mol. The van der Waals surface area contributed by atoms with Crippen LogP contribution in [0.1, 0.15) is 31.4 Å². The van der Waals surface area contributed by atoms with Gasteiger partial charge in [0.2, 0.25) is 0 Å². The van der Waals surface area contributed by atoms with Crippen LogP contribution in [0.5, 0.6) is 5.75 Å². The molecule has 5 nitrogen and oxygen atoms in total. The van der Waals surface area contributed by atoms with Gasteiger partial charge in [-0.2, -0.15) is 0 Å². The molecule has 1 atom stereocenters. The van der Waals surface area contributed by atoms with Crippen LogP contribution in [0.15, 0.2) is 23.4 Å². The quantitative estimate of drug-likeness (QED) is 0.347. The maximum atomic E-state index is 8.75. The lowest BCUT2D eigenvalue weighted by molar-refractivity contribution is 0.275. The Morgan fingerprint density at radius 2 is 2.20 bits per heavy atom. The maximum Gasteiger partial charge on any atom is 0.173 e. The fourth-order valence-electron chi connectivity index (χ4n) is 2.14. The van der Waals surface area contributed by atoms with Crippen LogP contribution in [-0.4, -0.2) is 36.6 Å². The molecule has 3 N–H and O–H groups in total. The minimum atomic E-state index is 0.0568. The first kappa shape index (κ1) is 16.3. The predicted octanol–water partition coefficient (Wildman–Crippen LogP) is 2.27. The molecule has 1 unspecified atom stereocenters. The van der Waals surface area contributed by atoms with Gasteiger partial charge in [-0.3, -0.25) is 0 Å². The topological polar surface area (TPSA) is 71.1 Å². The fraction of sp³-hybridized carbons (Fsp3) is 0.533. The third-order valence-electron chi connectivity index (χ3n) is 3.42. The van der Waals surface area contributed by atoms with Crippen molar-refractivity contribution in [1.82, 2.24) is 4.90 Å². The smallest absolute Gasteiger partial charge is 0.173 e. The highest BCUT2D eigenvalue weighted by atomic mass is 16.5. The summed E-state index contributed by atoms with van der Waals surface area (Å²) >= 11 is 0. The van der Waals surface area contributed by atoms with E-state index in [-0.39, 0.29) is 5.84 Å². The molecule has 0 amide bonds. The molecule has 112 valence electrons. The number of methoxy groups -OCH3 is 1. The van der Waals surface area contributed by atoms with Gasteiger partial charge in [-0.25, -0.2) is 0 Å². The summed E-state index contributed by atoms with van der Waals surface area (Å²) in [5.41, 5.74) is 7.36. The molecule has 0 saturated carbocycles. The zero-order valence-corrected chi connectivity index (χ0v) is 12.8. The number of amidine groups is 1. The average molecular weight is 279 g/mol. The van der Waals surface area contributed by atoms with Gasteiger partial charge in [0, 0.05) is 13.1 Å². The molecule has 20 heavy (non-hydrogen) atoms. The Morgan fingerprint density at radius 1 is 1.50 bits per heavy atom. The standard InChI is InChI=1S/C15H25N3O2/c1-5-11(2)9-18(3)10-12-6-7-13(15(16)17-19)14(8-12)20-4/h6-8,11,19H,5,9-10H2,1-4H3,(H2,16,17). The lowest BCUT2D eigenvalue weighted by atomic mass is 10.1. The summed E-state index contributed by atoms with van der Waals surface area (Å²) in [6.07, 6.45) is 1.18. The summed E-state index contributed by atoms with van der Waals surface area (Å²) < 4.78 is 5.30. The Morgan fingerprint density at radius 3 is 2.75 bits per heavy atom. The summed E-state index contributed by atoms with van der Waals surface area (Å²) in [7, 11) is 3.69. The highest BCUT2D eigenvalue weighted by Crippen LogP contribution is 2.21. The second-order valence-electron chi connectivity index (χ2n) is 5.23. The summed E-state index contributed by atoms with van der Waals surface area (Å²) in [5.74, 6) is 1.36. The third kappa shape index (κ3) is 4.42. The Labute approximate surface area is 121 Å². The fourth-order valence-corrected chi connectivity index (χ4v) is 2.14. The van der Waals surface area contributed by atoms with Crippen molar-refractivity contribution < 1.29 is 9.94 Å². The van der Waals surface area contributed by atoms with Crippen molar-refractivity contribution in [1.29, 1.82) is 0 Å². The minimum Gasteiger partial charge on any atom is -0.496 e. The monoisotopic (exact) mass is 279 g/mol. The van der Waals surface area contributed by atoms with Crippen molar-refractivity contribution in [2.75, 3.05) is 20.7 Å². The SMILES string of the molecule is CCC(C)CN(C)Cc1ccc(/C(N)=N/O)c(OC)c1. The van der Waals surface area contributed by atoms with E-state index >= 15 is 0 Å². The number of nitrogens with zero attached hydrogens (tertiary/aromatic N) is 2. The Balaban J connectivity index is 2.83. The van der Waals surface area contributed by atoms with E-state index in [1.165, 1.54) is 6.42 Å². The van der Waals surface area contributed by atoms with Crippen LogP contribution >= 0.6 is 0 Å². The molecule has 0 heterocycles. The van der Waals surface area contributed by atoms with Crippen molar-refractivity contribution in [2.24, 2.45) is 16.8 Å². The normalized spacial score (nSPS) is 13.6. The van der Waals surface area contributed by atoms with Crippen LogP contribution in [0.4, 0.5) is 0 Å². The van der Waals surface area contributed by atoms with E-state index in [9.17, 15) is 0 Å². The van der Waals surface area contributed by atoms with Crippen LogP contribution in [0.25, 0.3) is 0 Å². The first-order chi connectivity index (χ1) is 9.51. The molecule has 5 heteroatoms. The van der Waals surface area contributed by atoms with Gasteiger partial charge in [-0.05, 0) is 30.7 Å². The minimum absolute atomic E-state index is 0.0568. The molecule has 0 fully saturated rings. The zero-order chi connectivity index (χ0) is 15.1. The number of ether oxygens (including phenoxy) is 1. The largest absolute Gasteiger partial charge is 0.496 e. The Bertz CT molecular complexity index is 460. The zero-order valence-electron chi connectivity index (χ0n) is 12.8. The Hall–Kier alpha value is -1.75. The van der Waals surface area contributed by atoms with E-state index in [0.717, 1.165) is 18.7 Å². The van der Waals surface area contributed by atoms with Crippen molar-refractivity contribution in [2.45, 2.75) is 26.8 Å². The van der Waals surface area contributed by atoms with Crippen molar-refractivity contribution >= 4 is 5.84 Å². The molecule has 1 aromatic carbocycles. The molecule has 0 aliphatic carbocycles. The van der Waals surface area contributed by atoms with Crippen LogP contribution in [-0.2, 0) is 6.54 Å². The average Bonchev–Trinajstić information content (AvgIpc) is 2.45. The molecular weight excluding hydrogens is 254 g/mol. The molecule has 0 radical (unpaired) electrons. The number of hydrogen-bond donors (Lipinski definition) is 2. The van der Waals surface area contributed by atoms with Crippen LogP contribution in [0.2, 0.25) is 0 Å². The molecule has 0 bridgehead atoms. The van der Waals surface area contributed by atoms with Crippen LogP contribution < -0.4 is 10.5 Å². The van der Waals surface area contributed by atoms with E-state index in [4.69, 9.17) is 15.7 Å². The summed E-state index contributed by atoms with van der Waals surface area (Å²) in [6, 6.07) is 5.73. The highest BCUT2D eigenvalue weighted by Gasteiger charge is 2.10. The second kappa shape index (κ2) is 7.75. The van der Waals surface area contributed by atoms with Crippen molar-refractivity contribution in [3.63, 3.8) is 0 Å². The maximum absolute atomic E-state index is 8.75. The number of hydrogen-bond acceptors (Lipinski definition) is 4. The molecule has 0 aliphatic heterocycles.